The number of imidazole rings is 1. The molecule has 0 bridgehead atoms. The molecule has 224 valence electrons. The number of aromatic hydroxyl groups is 2. The zero-order valence-electron chi connectivity index (χ0n) is 25.2. The average molecular weight is 578 g/mol. The Morgan fingerprint density at radius 3 is 2.51 bits per heavy atom. The van der Waals surface area contributed by atoms with Gasteiger partial charge in [0.1, 0.15) is 0 Å². The lowest BCUT2D eigenvalue weighted by Crippen LogP contribution is -2.43. The molecule has 2 heterocycles. The van der Waals surface area contributed by atoms with Crippen LogP contribution in [0, 0.1) is 0 Å². The lowest BCUT2D eigenvalue weighted by Gasteiger charge is -2.42. The Labute approximate surface area is 255 Å². The molecule has 1 atom stereocenters. The van der Waals surface area contributed by atoms with Gasteiger partial charge in [-0.05, 0) is 111 Å². The van der Waals surface area contributed by atoms with E-state index in [-0.39, 0.29) is 28.6 Å². The van der Waals surface area contributed by atoms with Crippen molar-refractivity contribution in [3.05, 3.63) is 113 Å². The molecule has 0 saturated carbocycles. The number of piperidine rings is 1. The van der Waals surface area contributed by atoms with E-state index >= 15 is 0 Å². The fraction of sp³-hybridized carbons (Fsp3) is 0.405. The maximum Gasteiger partial charge on any atom is 0.228 e. The first-order valence-electron chi connectivity index (χ1n) is 15.9. The van der Waals surface area contributed by atoms with Crippen LogP contribution in [0.15, 0.2) is 79.1 Å². The second-order valence-corrected chi connectivity index (χ2v) is 12.5. The quantitative estimate of drug-likeness (QED) is 0.156. The number of phenols is 2. The number of carbonyl (C=O) groups excluding carboxylic acids is 1. The number of likely N-dealkylation sites (tertiary alicyclic amines) is 1. The molecule has 1 aliphatic carbocycles. The van der Waals surface area contributed by atoms with E-state index in [9.17, 15) is 15.0 Å². The predicted octanol–water partition coefficient (Wildman–Crippen LogP) is 7.02. The average Bonchev–Trinajstić information content (AvgIpc) is 3.52. The van der Waals surface area contributed by atoms with Crippen molar-refractivity contribution in [3.8, 4) is 11.5 Å². The molecule has 43 heavy (non-hydrogen) atoms. The van der Waals surface area contributed by atoms with Gasteiger partial charge >= 0.3 is 0 Å². The van der Waals surface area contributed by atoms with E-state index in [0.29, 0.717) is 12.4 Å². The second-order valence-electron chi connectivity index (χ2n) is 12.5. The summed E-state index contributed by atoms with van der Waals surface area (Å²) in [5.41, 5.74) is 5.87. The monoisotopic (exact) mass is 577 g/mol. The number of nitrogens with zero attached hydrogens (tertiary/aromatic N) is 3. The van der Waals surface area contributed by atoms with E-state index in [4.69, 9.17) is 0 Å². The van der Waals surface area contributed by atoms with Gasteiger partial charge in [0.2, 0.25) is 5.78 Å². The van der Waals surface area contributed by atoms with Gasteiger partial charge in [-0.25, -0.2) is 4.98 Å². The highest BCUT2D eigenvalue weighted by Gasteiger charge is 2.34. The largest absolute Gasteiger partial charge is 0.504 e. The van der Waals surface area contributed by atoms with Gasteiger partial charge in [0.05, 0.1) is 0 Å². The summed E-state index contributed by atoms with van der Waals surface area (Å²) >= 11 is 0. The normalized spacial score (nSPS) is 17.3. The lowest BCUT2D eigenvalue weighted by atomic mass is 9.71. The Balaban J connectivity index is 1.20. The van der Waals surface area contributed by atoms with Crippen molar-refractivity contribution in [3.63, 3.8) is 0 Å². The Morgan fingerprint density at radius 2 is 1.74 bits per heavy atom. The number of rotatable bonds is 10. The van der Waals surface area contributed by atoms with Gasteiger partial charge in [-0.3, -0.25) is 4.79 Å². The van der Waals surface area contributed by atoms with E-state index in [0.717, 1.165) is 75.7 Å². The smallest absolute Gasteiger partial charge is 0.228 e. The molecule has 6 heteroatoms. The first-order chi connectivity index (χ1) is 21.0. The van der Waals surface area contributed by atoms with E-state index < -0.39 is 0 Å². The molecule has 2 aliphatic rings. The Bertz CT molecular complexity index is 1550. The van der Waals surface area contributed by atoms with Crippen molar-refractivity contribution >= 4 is 5.78 Å². The number of benzene rings is 3. The zero-order chi connectivity index (χ0) is 29.8. The summed E-state index contributed by atoms with van der Waals surface area (Å²) in [5, 5.41) is 20.4. The highest BCUT2D eigenvalue weighted by molar-refractivity contribution is 6.08. The molecule has 1 fully saturated rings. The number of hydrogen-bond donors (Lipinski definition) is 2. The Morgan fingerprint density at radius 1 is 0.953 bits per heavy atom. The van der Waals surface area contributed by atoms with Crippen molar-refractivity contribution in [2.75, 3.05) is 19.6 Å². The van der Waals surface area contributed by atoms with Crippen molar-refractivity contribution in [2.45, 2.75) is 76.2 Å². The number of phenolic OH excluding ortho intramolecular Hbond substituents is 2. The van der Waals surface area contributed by atoms with Crippen molar-refractivity contribution < 1.29 is 15.0 Å². The lowest BCUT2D eigenvalue weighted by molar-refractivity contribution is 0.102. The Hall–Kier alpha value is -3.90. The van der Waals surface area contributed by atoms with Crippen LogP contribution >= 0.6 is 0 Å². The zero-order valence-corrected chi connectivity index (χ0v) is 25.2. The van der Waals surface area contributed by atoms with Gasteiger partial charge in [0, 0.05) is 30.4 Å². The summed E-state index contributed by atoms with van der Waals surface area (Å²) in [6, 6.07) is 22.2. The summed E-state index contributed by atoms with van der Waals surface area (Å²) < 4.78 is 1.98. The van der Waals surface area contributed by atoms with Gasteiger partial charge in [-0.1, -0.05) is 61.5 Å². The molecular weight excluding hydrogens is 534 g/mol. The van der Waals surface area contributed by atoms with Gasteiger partial charge in [0.25, 0.3) is 0 Å². The summed E-state index contributed by atoms with van der Waals surface area (Å²) in [5.74, 6) is 0.227. The SMILES string of the molecule is CCC1(c2ccccc2)CCN(CCC(Cn2ccnc2C(=O)c2cccc3c2CCCC3)c2ccc(O)c(O)c2)CC1. The van der Waals surface area contributed by atoms with Crippen LogP contribution in [0.2, 0.25) is 0 Å². The van der Waals surface area contributed by atoms with Gasteiger partial charge in [-0.15, -0.1) is 0 Å². The maximum atomic E-state index is 13.9. The van der Waals surface area contributed by atoms with Crippen LogP contribution in [0.5, 0.6) is 11.5 Å². The number of aryl methyl sites for hydroxylation is 1. The molecule has 2 N–H and O–H groups in total. The molecule has 3 aromatic carbocycles. The summed E-state index contributed by atoms with van der Waals surface area (Å²) in [6.07, 6.45) is 12.1. The van der Waals surface area contributed by atoms with Crippen LogP contribution in [0.1, 0.15) is 89.8 Å². The second kappa shape index (κ2) is 12.8. The fourth-order valence-electron chi connectivity index (χ4n) is 7.36. The molecule has 1 aliphatic heterocycles. The molecule has 0 spiro atoms. The van der Waals surface area contributed by atoms with Crippen LogP contribution in [0.4, 0.5) is 0 Å². The van der Waals surface area contributed by atoms with E-state index in [2.05, 4.69) is 53.2 Å². The van der Waals surface area contributed by atoms with Gasteiger partial charge < -0.3 is 19.7 Å². The third kappa shape index (κ3) is 6.12. The third-order valence-corrected chi connectivity index (χ3v) is 10.1. The minimum absolute atomic E-state index is 0.0242. The van der Waals surface area contributed by atoms with Gasteiger partial charge in [0.15, 0.2) is 17.3 Å². The third-order valence-electron chi connectivity index (χ3n) is 10.1. The first-order valence-corrected chi connectivity index (χ1v) is 15.9. The van der Waals surface area contributed by atoms with Gasteiger partial charge in [-0.2, -0.15) is 0 Å². The van der Waals surface area contributed by atoms with Crippen molar-refractivity contribution in [2.24, 2.45) is 0 Å². The molecular formula is C37H43N3O3. The van der Waals surface area contributed by atoms with Crippen LogP contribution in [0.3, 0.4) is 0 Å². The van der Waals surface area contributed by atoms with Crippen LogP contribution < -0.4 is 0 Å². The first kappa shape index (κ1) is 29.2. The molecule has 1 aromatic heterocycles. The minimum atomic E-state index is -0.123. The maximum absolute atomic E-state index is 13.9. The predicted molar refractivity (Wildman–Crippen MR) is 170 cm³/mol. The molecule has 4 aromatic rings. The topological polar surface area (TPSA) is 78.6 Å². The molecule has 1 unspecified atom stereocenters. The highest BCUT2D eigenvalue weighted by Crippen LogP contribution is 2.39. The summed E-state index contributed by atoms with van der Waals surface area (Å²) in [4.78, 5) is 21.0. The number of carbonyl (C=O) groups is 1. The molecule has 6 nitrogen and oxygen atoms in total. The number of aromatic nitrogens is 2. The molecule has 0 radical (unpaired) electrons. The standard InChI is InChI=1S/C37H43N3O3/c1-2-37(30-11-4-3-5-12-30)18-22-39(23-19-37)21-17-29(28-15-16-33(41)34(42)25-28)26-40-24-20-38-36(40)35(43)32-14-8-10-27-9-6-7-13-31(27)32/h3-5,8,10-12,14-16,20,24-25,29,41-42H,2,6-7,9,13,17-19,21-23,26H2,1H3. The number of hydrogen-bond acceptors (Lipinski definition) is 5. The van der Waals surface area contributed by atoms with E-state index in [1.165, 1.54) is 23.1 Å². The number of ketones is 1. The molecule has 1 saturated heterocycles. The van der Waals surface area contributed by atoms with Crippen LogP contribution in [0.25, 0.3) is 0 Å². The Kier molecular flexibility index (Phi) is 8.66. The van der Waals surface area contributed by atoms with Crippen molar-refractivity contribution in [1.29, 1.82) is 0 Å². The highest BCUT2D eigenvalue weighted by atomic mass is 16.3. The van der Waals surface area contributed by atoms with Crippen molar-refractivity contribution in [1.82, 2.24) is 14.5 Å². The summed E-state index contributed by atoms with van der Waals surface area (Å²) in [7, 11) is 0. The fourth-order valence-corrected chi connectivity index (χ4v) is 7.36. The van der Waals surface area contributed by atoms with Crippen LogP contribution in [-0.2, 0) is 24.8 Å². The van der Waals surface area contributed by atoms with E-state index in [1.807, 2.05) is 29.0 Å². The molecule has 6 rings (SSSR count). The molecule has 0 amide bonds. The van der Waals surface area contributed by atoms with Crippen LogP contribution in [-0.4, -0.2) is 50.1 Å². The minimum Gasteiger partial charge on any atom is -0.504 e. The van der Waals surface area contributed by atoms with E-state index in [1.54, 1.807) is 18.3 Å². The number of fused-ring (bicyclic) bond motifs is 1. The summed E-state index contributed by atoms with van der Waals surface area (Å²) in [6.45, 7) is 5.89.